The van der Waals surface area contributed by atoms with E-state index in [4.69, 9.17) is 0 Å². The minimum Gasteiger partial charge on any atom is -0.384 e. The van der Waals surface area contributed by atoms with Gasteiger partial charge in [-0.15, -0.1) is 0 Å². The molecule has 2 aromatic heterocycles. The van der Waals surface area contributed by atoms with Crippen molar-refractivity contribution in [3.05, 3.63) is 77.9 Å². The topological polar surface area (TPSA) is 96.3 Å². The van der Waals surface area contributed by atoms with Crippen molar-refractivity contribution in [2.24, 2.45) is 11.8 Å². The van der Waals surface area contributed by atoms with Gasteiger partial charge in [0.2, 0.25) is 5.91 Å². The lowest BCUT2D eigenvalue weighted by atomic mass is 9.74. The van der Waals surface area contributed by atoms with Crippen molar-refractivity contribution < 1.29 is 14.7 Å². The van der Waals surface area contributed by atoms with Gasteiger partial charge in [0.25, 0.3) is 0 Å². The van der Waals surface area contributed by atoms with Gasteiger partial charge in [-0.3, -0.25) is 14.6 Å². The van der Waals surface area contributed by atoms with Crippen molar-refractivity contribution in [2.75, 3.05) is 13.1 Å². The Balaban J connectivity index is 1.06. The zero-order valence-corrected chi connectivity index (χ0v) is 24.6. The van der Waals surface area contributed by atoms with Crippen LogP contribution in [0.2, 0.25) is 0 Å². The fourth-order valence-electron chi connectivity index (χ4n) is 6.30. The van der Waals surface area contributed by atoms with E-state index in [0.29, 0.717) is 41.8 Å². The van der Waals surface area contributed by atoms with E-state index in [1.807, 2.05) is 35.2 Å². The highest BCUT2D eigenvalue weighted by Gasteiger charge is 2.37. The molecule has 7 heteroatoms. The van der Waals surface area contributed by atoms with Crippen LogP contribution >= 0.6 is 0 Å². The monoisotopic (exact) mass is 554 g/mol. The van der Waals surface area contributed by atoms with Crippen LogP contribution in [0.4, 0.5) is 0 Å². The molecule has 0 spiro atoms. The molecule has 2 aliphatic rings. The summed E-state index contributed by atoms with van der Waals surface area (Å²) in [6.07, 6.45) is 11.1. The smallest absolute Gasteiger partial charge is 0.223 e. The van der Waals surface area contributed by atoms with Gasteiger partial charge in [0.05, 0.1) is 5.69 Å². The molecule has 1 saturated heterocycles. The molecule has 3 heterocycles. The molecule has 3 aromatic rings. The Morgan fingerprint density at radius 3 is 2.39 bits per heavy atom. The van der Waals surface area contributed by atoms with E-state index in [1.165, 1.54) is 0 Å². The summed E-state index contributed by atoms with van der Waals surface area (Å²) in [5, 5.41) is 11.4. The molecule has 1 atom stereocenters. The number of hydrogen-bond donors (Lipinski definition) is 1. The molecule has 1 aliphatic carbocycles. The molecule has 1 saturated carbocycles. The van der Waals surface area contributed by atoms with Gasteiger partial charge in [0.1, 0.15) is 5.60 Å². The van der Waals surface area contributed by atoms with Crippen LogP contribution in [0.1, 0.15) is 93.8 Å². The second-order valence-corrected chi connectivity index (χ2v) is 13.0. The lowest BCUT2D eigenvalue weighted by molar-refractivity contribution is -0.130. The molecular weight excluding hydrogens is 512 g/mol. The highest BCUT2D eigenvalue weighted by atomic mass is 16.3. The van der Waals surface area contributed by atoms with E-state index in [2.05, 4.69) is 41.8 Å². The summed E-state index contributed by atoms with van der Waals surface area (Å²) < 4.78 is 0. The Morgan fingerprint density at radius 1 is 0.951 bits per heavy atom. The number of aliphatic hydroxyl groups is 1. The fraction of sp³-hybridized carbons (Fsp3) is 0.500. The second-order valence-electron chi connectivity index (χ2n) is 13.0. The molecule has 41 heavy (non-hydrogen) atoms. The Hall–Kier alpha value is -3.45. The summed E-state index contributed by atoms with van der Waals surface area (Å²) in [7, 11) is 0. The molecule has 216 valence electrons. The van der Waals surface area contributed by atoms with Crippen LogP contribution in [0.15, 0.2) is 61.1 Å². The molecule has 1 amide bonds. The summed E-state index contributed by atoms with van der Waals surface area (Å²) in [5.74, 6) is 1.78. The molecule has 0 unspecified atom stereocenters. The van der Waals surface area contributed by atoms with Gasteiger partial charge in [-0.2, -0.15) is 0 Å². The first kappa shape index (κ1) is 29.1. The van der Waals surface area contributed by atoms with E-state index >= 15 is 0 Å². The third-order valence-electron chi connectivity index (χ3n) is 8.92. The second kappa shape index (κ2) is 12.2. The number of amides is 1. The summed E-state index contributed by atoms with van der Waals surface area (Å²) in [4.78, 5) is 40.8. The van der Waals surface area contributed by atoms with E-state index in [0.717, 1.165) is 49.9 Å². The minimum atomic E-state index is -0.900. The van der Waals surface area contributed by atoms with Gasteiger partial charge in [-0.05, 0) is 85.6 Å². The Morgan fingerprint density at radius 2 is 1.71 bits per heavy atom. The van der Waals surface area contributed by atoms with Gasteiger partial charge in [0.15, 0.2) is 11.6 Å². The highest BCUT2D eigenvalue weighted by molar-refractivity contribution is 5.98. The van der Waals surface area contributed by atoms with Crippen molar-refractivity contribution in [2.45, 2.75) is 83.2 Å². The summed E-state index contributed by atoms with van der Waals surface area (Å²) in [6, 6.07) is 13.4. The molecule has 0 radical (unpaired) electrons. The zero-order valence-electron chi connectivity index (χ0n) is 24.6. The van der Waals surface area contributed by atoms with Crippen molar-refractivity contribution in [3.8, 4) is 11.4 Å². The zero-order chi connectivity index (χ0) is 29.0. The third kappa shape index (κ3) is 7.07. The summed E-state index contributed by atoms with van der Waals surface area (Å²) >= 11 is 0. The molecule has 1 aliphatic heterocycles. The van der Waals surface area contributed by atoms with Gasteiger partial charge in [-0.1, -0.05) is 39.0 Å². The van der Waals surface area contributed by atoms with Crippen LogP contribution in [-0.2, 0) is 15.8 Å². The van der Waals surface area contributed by atoms with Crippen molar-refractivity contribution >= 4 is 11.7 Å². The van der Waals surface area contributed by atoms with Gasteiger partial charge >= 0.3 is 0 Å². The van der Waals surface area contributed by atoms with Crippen molar-refractivity contribution in [1.82, 2.24) is 19.9 Å². The fourth-order valence-corrected chi connectivity index (χ4v) is 6.30. The highest BCUT2D eigenvalue weighted by Crippen LogP contribution is 2.42. The first-order chi connectivity index (χ1) is 19.6. The van der Waals surface area contributed by atoms with Gasteiger partial charge < -0.3 is 10.0 Å². The van der Waals surface area contributed by atoms with E-state index in [9.17, 15) is 14.7 Å². The predicted octanol–water partition coefficient (Wildman–Crippen LogP) is 6.12. The maximum Gasteiger partial charge on any atom is 0.223 e. The lowest BCUT2D eigenvalue weighted by Gasteiger charge is -2.36. The van der Waals surface area contributed by atoms with Gasteiger partial charge in [0, 0.05) is 55.6 Å². The number of pyridine rings is 1. The molecular formula is C34H42N4O3. The van der Waals surface area contributed by atoms with Crippen LogP contribution in [0.5, 0.6) is 0 Å². The number of aromatic nitrogens is 3. The number of ketones is 1. The number of Topliss-reactive ketones (excluding diaryl/α,β-unsaturated/α-hetero) is 1. The largest absolute Gasteiger partial charge is 0.384 e. The van der Waals surface area contributed by atoms with Crippen LogP contribution in [0.25, 0.3) is 11.4 Å². The van der Waals surface area contributed by atoms with E-state index in [1.54, 1.807) is 24.7 Å². The number of likely N-dealkylation sites (tertiary alicyclic amines) is 1. The normalized spacial score (nSPS) is 23.0. The molecule has 5 rings (SSSR count). The number of rotatable bonds is 8. The summed E-state index contributed by atoms with van der Waals surface area (Å²) in [6.45, 7) is 7.95. The quantitative estimate of drug-likeness (QED) is 0.337. The maximum atomic E-state index is 12.9. The Kier molecular flexibility index (Phi) is 8.64. The molecule has 1 aromatic carbocycles. The SMILES string of the molecule is CC(C)(C)c1cccc(C(=O)CCC(=O)N2CC[C@H](CC3CCC(O)(c4ccc(-c5ncccn5)cn4)CC3)C2)c1. The molecule has 2 fully saturated rings. The first-order valence-corrected chi connectivity index (χ1v) is 15.0. The standard InChI is InChI=1S/C34H42N4O3/c1-33(2,3)28-7-4-6-26(21-28)29(39)9-11-31(40)38-19-14-25(23-38)20-24-12-15-34(41,16-13-24)30-10-8-27(22-37-30)32-35-17-5-18-36-32/h4-8,10,17-18,21-22,24-25,41H,9,11-16,19-20,23H2,1-3H3/t24?,25-,34?/m1/s1. The van der Waals surface area contributed by atoms with Crippen molar-refractivity contribution in [3.63, 3.8) is 0 Å². The number of carbonyl (C=O) groups excluding carboxylic acids is 2. The Bertz CT molecular complexity index is 1340. The first-order valence-electron chi connectivity index (χ1n) is 15.0. The third-order valence-corrected chi connectivity index (χ3v) is 8.92. The lowest BCUT2D eigenvalue weighted by Crippen LogP contribution is -2.33. The van der Waals surface area contributed by atoms with Crippen LogP contribution in [0.3, 0.4) is 0 Å². The van der Waals surface area contributed by atoms with Crippen LogP contribution < -0.4 is 0 Å². The maximum absolute atomic E-state index is 12.9. The van der Waals surface area contributed by atoms with Crippen LogP contribution in [-0.4, -0.2) is 49.7 Å². The molecule has 1 N–H and O–H groups in total. The number of nitrogens with zero attached hydrogens (tertiary/aromatic N) is 4. The molecule has 7 nitrogen and oxygen atoms in total. The number of benzene rings is 1. The number of hydrogen-bond acceptors (Lipinski definition) is 6. The molecule has 0 bridgehead atoms. The van der Waals surface area contributed by atoms with Crippen LogP contribution in [0, 0.1) is 11.8 Å². The Labute approximate surface area is 243 Å². The average Bonchev–Trinajstić information content (AvgIpc) is 3.46. The summed E-state index contributed by atoms with van der Waals surface area (Å²) in [5.41, 5.74) is 2.46. The minimum absolute atomic E-state index is 0.0193. The van der Waals surface area contributed by atoms with Gasteiger partial charge in [-0.25, -0.2) is 9.97 Å². The number of carbonyl (C=O) groups is 2. The van der Waals surface area contributed by atoms with E-state index in [-0.39, 0.29) is 29.9 Å². The predicted molar refractivity (Wildman–Crippen MR) is 159 cm³/mol. The van der Waals surface area contributed by atoms with E-state index < -0.39 is 5.60 Å². The average molecular weight is 555 g/mol. The van der Waals surface area contributed by atoms with Crippen molar-refractivity contribution in [1.29, 1.82) is 0 Å².